The van der Waals surface area contributed by atoms with Crippen LogP contribution in [0.15, 0.2) is 60.9 Å². The Morgan fingerprint density at radius 2 is 1.85 bits per heavy atom. The number of nitrogens with one attached hydrogen (secondary N) is 1. The molecule has 0 saturated carbocycles. The average Bonchev–Trinajstić information content (AvgIpc) is 3.19. The van der Waals surface area contributed by atoms with E-state index in [0.29, 0.717) is 5.82 Å². The lowest BCUT2D eigenvalue weighted by Gasteiger charge is -2.09. The molecule has 6 heteroatoms. The van der Waals surface area contributed by atoms with Gasteiger partial charge in [-0.05, 0) is 22.3 Å². The van der Waals surface area contributed by atoms with Crippen molar-refractivity contribution in [1.82, 2.24) is 9.97 Å². The molecule has 1 aliphatic carbocycles. The predicted molar refractivity (Wildman–Crippen MR) is 95.4 cm³/mol. The van der Waals surface area contributed by atoms with Crippen molar-refractivity contribution in [3.05, 3.63) is 72.1 Å². The average molecular weight is 343 g/mol. The maximum Gasteiger partial charge on any atom is 0.247 e. The monoisotopic (exact) mass is 343 g/mol. The van der Waals surface area contributed by atoms with Gasteiger partial charge in [0.2, 0.25) is 18.3 Å². The van der Waals surface area contributed by atoms with Gasteiger partial charge in [-0.2, -0.15) is 0 Å². The van der Waals surface area contributed by atoms with Crippen molar-refractivity contribution in [3.8, 4) is 22.5 Å². The summed E-state index contributed by atoms with van der Waals surface area (Å²) in [5.41, 5.74) is 11.9. The maximum absolute atomic E-state index is 12.1. The van der Waals surface area contributed by atoms with Crippen LogP contribution in [-0.4, -0.2) is 21.1 Å². The molecule has 0 fully saturated rings. The van der Waals surface area contributed by atoms with Gasteiger partial charge in [0.15, 0.2) is 0 Å². The van der Waals surface area contributed by atoms with Crippen molar-refractivity contribution in [2.24, 2.45) is 5.73 Å². The molecule has 1 atom stereocenters. The Hall–Kier alpha value is -3.67. The Balaban J connectivity index is 1.80. The molecule has 6 nitrogen and oxygen atoms in total. The summed E-state index contributed by atoms with van der Waals surface area (Å²) >= 11 is 0. The highest BCUT2D eigenvalue weighted by Crippen LogP contribution is 2.48. The van der Waals surface area contributed by atoms with E-state index in [1.165, 1.54) is 6.20 Å². The molecule has 26 heavy (non-hydrogen) atoms. The molecule has 2 heterocycles. The minimum atomic E-state index is -0.454. The lowest BCUT2D eigenvalue weighted by atomic mass is 9.95. The van der Waals surface area contributed by atoms with Crippen molar-refractivity contribution in [1.29, 1.82) is 0 Å². The van der Waals surface area contributed by atoms with Gasteiger partial charge < -0.3 is 10.7 Å². The second kappa shape index (κ2) is 5.16. The highest BCUT2D eigenvalue weighted by molar-refractivity contribution is 6.00. The Kier molecular flexibility index (Phi) is 2.91. The summed E-state index contributed by atoms with van der Waals surface area (Å²) < 4.78 is 0.984. The normalized spacial score (nSPS) is 15.0. The molecule has 1 amide bonds. The van der Waals surface area contributed by atoms with Gasteiger partial charge >= 0.3 is 0 Å². The number of nitrogens with two attached hydrogens (primary N) is 1. The fourth-order valence-electron chi connectivity index (χ4n) is 3.83. The third kappa shape index (κ3) is 1.96. The smallest absolute Gasteiger partial charge is 0.247 e. The van der Waals surface area contributed by atoms with Crippen molar-refractivity contribution >= 4 is 16.9 Å². The van der Waals surface area contributed by atoms with Gasteiger partial charge in [-0.25, -0.2) is 4.98 Å². The van der Waals surface area contributed by atoms with Crippen LogP contribution in [0.2, 0.25) is 0 Å². The minimum absolute atomic E-state index is 0.362. The molecule has 0 radical (unpaired) electrons. The molecule has 0 spiro atoms. The number of hydrogen-bond acceptors (Lipinski definition) is 3. The van der Waals surface area contributed by atoms with Crippen LogP contribution >= 0.6 is 0 Å². The number of hydrogen-bond donors (Lipinski definition) is 3. The largest absolute Gasteiger partial charge is 0.369 e. The molecule has 2 aromatic carbocycles. The van der Waals surface area contributed by atoms with E-state index in [-0.39, 0.29) is 5.91 Å². The van der Waals surface area contributed by atoms with Crippen molar-refractivity contribution in [2.45, 2.75) is 5.92 Å². The number of imidazole rings is 1. The van der Waals surface area contributed by atoms with E-state index >= 15 is 0 Å². The molecule has 4 aromatic rings. The molecule has 0 bridgehead atoms. The fourth-order valence-corrected chi connectivity index (χ4v) is 3.83. The zero-order chi connectivity index (χ0) is 17.8. The first-order valence-electron chi connectivity index (χ1n) is 8.25. The Morgan fingerprint density at radius 3 is 2.69 bits per heavy atom. The van der Waals surface area contributed by atoms with Gasteiger partial charge in [-0.3, -0.25) is 10.0 Å². The van der Waals surface area contributed by atoms with Crippen molar-refractivity contribution in [2.75, 3.05) is 0 Å². The highest BCUT2D eigenvalue weighted by atomic mass is 16.5. The van der Waals surface area contributed by atoms with Crippen LogP contribution in [0.25, 0.3) is 33.5 Å². The number of fused-ring (bicyclic) bond motifs is 4. The minimum Gasteiger partial charge on any atom is -0.369 e. The third-order valence-electron chi connectivity index (χ3n) is 4.90. The first kappa shape index (κ1) is 14.7. The summed E-state index contributed by atoms with van der Waals surface area (Å²) in [5.74, 6) is -0.132. The van der Waals surface area contributed by atoms with Gasteiger partial charge in [0, 0.05) is 16.4 Å². The standard InChI is InChI=1S/C20H14N4O2/c21-19(25)18-12-5-2-1-4-11(12)17-13(18)6-3-7-14(17)20-22-15-8-9-24(26)10-16(15)23-20/h1-10,18,26H,(H2,21,25)/p+1/t18-/m1/s1. The van der Waals surface area contributed by atoms with Crippen molar-refractivity contribution < 1.29 is 14.7 Å². The molecule has 126 valence electrons. The number of amides is 1. The van der Waals surface area contributed by atoms with E-state index in [0.717, 1.165) is 43.6 Å². The van der Waals surface area contributed by atoms with Crippen LogP contribution in [0.1, 0.15) is 17.0 Å². The molecule has 2 aromatic heterocycles. The van der Waals surface area contributed by atoms with Gasteiger partial charge in [0.25, 0.3) is 0 Å². The van der Waals surface area contributed by atoms with Crippen LogP contribution < -0.4 is 10.5 Å². The number of pyridine rings is 1. The zero-order valence-corrected chi connectivity index (χ0v) is 13.7. The fraction of sp³-hybridized carbons (Fsp3) is 0.0500. The van der Waals surface area contributed by atoms with Gasteiger partial charge in [-0.15, -0.1) is 0 Å². The number of rotatable bonds is 2. The van der Waals surface area contributed by atoms with Crippen LogP contribution in [0, 0.1) is 0 Å². The number of carbonyl (C=O) groups excluding carboxylic acids is 1. The Labute approximate surface area is 148 Å². The summed E-state index contributed by atoms with van der Waals surface area (Å²) in [5, 5.41) is 9.61. The summed E-state index contributed by atoms with van der Waals surface area (Å²) in [4.78, 5) is 20.0. The Morgan fingerprint density at radius 1 is 1.08 bits per heavy atom. The van der Waals surface area contributed by atoms with Crippen molar-refractivity contribution in [3.63, 3.8) is 0 Å². The van der Waals surface area contributed by atoms with Crippen LogP contribution in [-0.2, 0) is 4.79 Å². The van der Waals surface area contributed by atoms with Crippen LogP contribution in [0.4, 0.5) is 0 Å². The molecule has 5 rings (SSSR count). The van der Waals surface area contributed by atoms with Gasteiger partial charge in [0.05, 0.1) is 5.92 Å². The summed E-state index contributed by atoms with van der Waals surface area (Å²) in [6, 6.07) is 15.4. The number of aromatic amines is 1. The number of nitrogens with zero attached hydrogens (tertiary/aromatic N) is 2. The van der Waals surface area contributed by atoms with E-state index in [1.54, 1.807) is 12.3 Å². The molecule has 1 aliphatic rings. The molecule has 0 saturated heterocycles. The van der Waals surface area contributed by atoms with E-state index in [1.807, 2.05) is 42.5 Å². The molecule has 0 aliphatic heterocycles. The second-order valence-corrected chi connectivity index (χ2v) is 6.40. The highest BCUT2D eigenvalue weighted by Gasteiger charge is 2.34. The third-order valence-corrected chi connectivity index (χ3v) is 4.90. The summed E-state index contributed by atoms with van der Waals surface area (Å²) in [6.45, 7) is 0. The van der Waals surface area contributed by atoms with E-state index in [9.17, 15) is 10.0 Å². The maximum atomic E-state index is 12.1. The number of primary amides is 1. The molecule has 4 N–H and O–H groups in total. The summed E-state index contributed by atoms with van der Waals surface area (Å²) in [6.07, 6.45) is 3.09. The van der Waals surface area contributed by atoms with Gasteiger partial charge in [0.1, 0.15) is 16.9 Å². The number of benzene rings is 2. The molecular formula is C20H15N4O2+. The molecular weight excluding hydrogens is 328 g/mol. The van der Waals surface area contributed by atoms with Gasteiger partial charge in [-0.1, -0.05) is 42.5 Å². The lowest BCUT2D eigenvalue weighted by Crippen LogP contribution is -2.27. The topological polar surface area (TPSA) is 95.9 Å². The molecule has 0 unspecified atom stereocenters. The first-order chi connectivity index (χ1) is 12.6. The number of carbonyl (C=O) groups is 1. The first-order valence-corrected chi connectivity index (χ1v) is 8.25. The van der Waals surface area contributed by atoms with Crippen LogP contribution in [0.3, 0.4) is 0 Å². The SMILES string of the molecule is NC(=O)[C@@H]1c2ccccc2-c2c(-c3nc4cc[n+](O)cc4[nH]3)cccc21. The predicted octanol–water partition coefficient (Wildman–Crippen LogP) is 2.35. The number of aromatic nitrogens is 3. The van der Waals surface area contributed by atoms with E-state index < -0.39 is 5.92 Å². The number of H-pyrrole nitrogens is 1. The van der Waals surface area contributed by atoms with E-state index in [4.69, 9.17) is 5.73 Å². The van der Waals surface area contributed by atoms with Crippen LogP contribution in [0.5, 0.6) is 0 Å². The van der Waals surface area contributed by atoms with E-state index in [2.05, 4.69) is 9.97 Å². The quantitative estimate of drug-likeness (QED) is 0.385. The Bertz CT molecular complexity index is 1200. The second-order valence-electron chi connectivity index (χ2n) is 6.40. The lowest BCUT2D eigenvalue weighted by molar-refractivity contribution is -0.904. The zero-order valence-electron chi connectivity index (χ0n) is 13.7. The summed E-state index contributed by atoms with van der Waals surface area (Å²) in [7, 11) is 0.